The Kier molecular flexibility index (Phi) is 5.19. The van der Waals surface area contributed by atoms with Crippen LogP contribution in [0, 0.1) is 0 Å². The van der Waals surface area contributed by atoms with Crippen LogP contribution in [0.1, 0.15) is 12.0 Å². The minimum atomic E-state index is 0.730. The van der Waals surface area contributed by atoms with E-state index in [1.165, 1.54) is 5.56 Å². The second-order valence-electron chi connectivity index (χ2n) is 5.55. The van der Waals surface area contributed by atoms with Crippen molar-refractivity contribution >= 4 is 29.0 Å². The monoisotopic (exact) mass is 335 g/mol. The predicted molar refractivity (Wildman–Crippen MR) is 92.8 cm³/mol. The first-order valence-corrected chi connectivity index (χ1v) is 8.30. The molecule has 0 radical (unpaired) electrons. The van der Waals surface area contributed by atoms with E-state index in [-0.39, 0.29) is 0 Å². The standard InChI is InChI=1S/C17H19Cl2N3/c18-15-6-4-14(5-7-15)13-21-9-2-10-22(12-11-21)17-16(19)3-1-8-20-17/h1,3-8H,2,9-13H2. The zero-order valence-electron chi connectivity index (χ0n) is 12.4. The molecule has 0 atom stereocenters. The summed E-state index contributed by atoms with van der Waals surface area (Å²) < 4.78 is 0. The van der Waals surface area contributed by atoms with Crippen molar-refractivity contribution in [3.8, 4) is 0 Å². The number of benzene rings is 1. The van der Waals surface area contributed by atoms with Crippen LogP contribution in [0.2, 0.25) is 10.0 Å². The SMILES string of the molecule is Clc1ccc(CN2CCCN(c3ncccc3Cl)CC2)cc1. The Morgan fingerprint density at radius 1 is 0.955 bits per heavy atom. The summed E-state index contributed by atoms with van der Waals surface area (Å²) in [7, 11) is 0. The highest BCUT2D eigenvalue weighted by Gasteiger charge is 2.17. The van der Waals surface area contributed by atoms with Crippen LogP contribution in [0.15, 0.2) is 42.6 Å². The second kappa shape index (κ2) is 7.32. The summed E-state index contributed by atoms with van der Waals surface area (Å²) in [5.74, 6) is 0.900. The molecule has 3 rings (SSSR count). The van der Waals surface area contributed by atoms with Crippen LogP contribution in [-0.2, 0) is 6.54 Å². The highest BCUT2D eigenvalue weighted by atomic mass is 35.5. The van der Waals surface area contributed by atoms with Crippen LogP contribution in [0.3, 0.4) is 0 Å². The van der Waals surface area contributed by atoms with E-state index in [1.54, 1.807) is 6.20 Å². The largest absolute Gasteiger partial charge is 0.354 e. The molecule has 0 amide bonds. The van der Waals surface area contributed by atoms with Gasteiger partial charge in [-0.15, -0.1) is 0 Å². The van der Waals surface area contributed by atoms with E-state index >= 15 is 0 Å². The van der Waals surface area contributed by atoms with Gasteiger partial charge in [0.1, 0.15) is 5.82 Å². The molecule has 5 heteroatoms. The lowest BCUT2D eigenvalue weighted by molar-refractivity contribution is 0.285. The van der Waals surface area contributed by atoms with E-state index in [4.69, 9.17) is 23.2 Å². The van der Waals surface area contributed by atoms with Crippen molar-refractivity contribution in [2.24, 2.45) is 0 Å². The lowest BCUT2D eigenvalue weighted by Crippen LogP contribution is -2.31. The van der Waals surface area contributed by atoms with Crippen LogP contribution in [0.5, 0.6) is 0 Å². The smallest absolute Gasteiger partial charge is 0.147 e. The zero-order chi connectivity index (χ0) is 15.4. The van der Waals surface area contributed by atoms with Crippen LogP contribution < -0.4 is 4.90 Å². The Morgan fingerprint density at radius 2 is 1.77 bits per heavy atom. The molecule has 0 spiro atoms. The quantitative estimate of drug-likeness (QED) is 0.841. The van der Waals surface area contributed by atoms with Crippen molar-refractivity contribution in [1.29, 1.82) is 0 Å². The average Bonchev–Trinajstić information content (AvgIpc) is 2.76. The van der Waals surface area contributed by atoms with Gasteiger partial charge < -0.3 is 4.90 Å². The molecule has 1 aromatic heterocycles. The third-order valence-corrected chi connectivity index (χ3v) is 4.49. The fraction of sp³-hybridized carbons (Fsp3) is 0.353. The molecular formula is C17H19Cl2N3. The van der Waals surface area contributed by atoms with Crippen LogP contribution in [0.4, 0.5) is 5.82 Å². The number of aromatic nitrogens is 1. The van der Waals surface area contributed by atoms with Crippen molar-refractivity contribution in [3.05, 3.63) is 58.2 Å². The summed E-state index contributed by atoms with van der Waals surface area (Å²) >= 11 is 12.2. The first-order valence-electron chi connectivity index (χ1n) is 7.54. The lowest BCUT2D eigenvalue weighted by Gasteiger charge is -2.23. The first kappa shape index (κ1) is 15.6. The van der Waals surface area contributed by atoms with Gasteiger partial charge >= 0.3 is 0 Å². The van der Waals surface area contributed by atoms with Crippen LogP contribution in [-0.4, -0.2) is 36.1 Å². The molecule has 0 saturated carbocycles. The van der Waals surface area contributed by atoms with Crippen LogP contribution >= 0.6 is 23.2 Å². The molecule has 22 heavy (non-hydrogen) atoms. The van der Waals surface area contributed by atoms with Gasteiger partial charge in [0.2, 0.25) is 0 Å². The van der Waals surface area contributed by atoms with Gasteiger partial charge in [-0.05, 0) is 36.2 Å². The molecule has 2 aromatic rings. The van der Waals surface area contributed by atoms with E-state index in [0.717, 1.165) is 55.0 Å². The molecule has 1 saturated heterocycles. The number of anilines is 1. The highest BCUT2D eigenvalue weighted by molar-refractivity contribution is 6.32. The molecule has 0 N–H and O–H groups in total. The maximum absolute atomic E-state index is 6.26. The van der Waals surface area contributed by atoms with Crippen molar-refractivity contribution in [1.82, 2.24) is 9.88 Å². The summed E-state index contributed by atoms with van der Waals surface area (Å²) in [5, 5.41) is 1.52. The van der Waals surface area contributed by atoms with Crippen molar-refractivity contribution in [2.45, 2.75) is 13.0 Å². The van der Waals surface area contributed by atoms with E-state index in [1.807, 2.05) is 24.3 Å². The highest BCUT2D eigenvalue weighted by Crippen LogP contribution is 2.23. The van der Waals surface area contributed by atoms with Crippen molar-refractivity contribution in [2.75, 3.05) is 31.1 Å². The maximum atomic E-state index is 6.26. The molecule has 1 aliphatic heterocycles. The number of hydrogen-bond acceptors (Lipinski definition) is 3. The first-order chi connectivity index (χ1) is 10.7. The topological polar surface area (TPSA) is 19.4 Å². The Labute approximate surface area is 141 Å². The molecule has 2 heterocycles. The van der Waals surface area contributed by atoms with Gasteiger partial charge in [-0.25, -0.2) is 4.98 Å². The third-order valence-electron chi connectivity index (χ3n) is 3.95. The number of hydrogen-bond donors (Lipinski definition) is 0. The lowest BCUT2D eigenvalue weighted by atomic mass is 10.2. The average molecular weight is 336 g/mol. The molecule has 3 nitrogen and oxygen atoms in total. The van der Waals surface area contributed by atoms with Crippen molar-refractivity contribution in [3.63, 3.8) is 0 Å². The molecule has 0 unspecified atom stereocenters. The minimum Gasteiger partial charge on any atom is -0.354 e. The second-order valence-corrected chi connectivity index (χ2v) is 6.40. The van der Waals surface area contributed by atoms with E-state index in [0.29, 0.717) is 0 Å². The summed E-state index contributed by atoms with van der Waals surface area (Å²) in [5.41, 5.74) is 1.30. The predicted octanol–water partition coefficient (Wildman–Crippen LogP) is 4.10. The zero-order valence-corrected chi connectivity index (χ0v) is 13.9. The van der Waals surface area contributed by atoms with Gasteiger partial charge in [0.05, 0.1) is 5.02 Å². The Bertz CT molecular complexity index is 616. The Morgan fingerprint density at radius 3 is 2.55 bits per heavy atom. The van der Waals surface area contributed by atoms with E-state index < -0.39 is 0 Å². The molecule has 1 aliphatic rings. The number of halogens is 2. The number of nitrogens with zero attached hydrogens (tertiary/aromatic N) is 3. The minimum absolute atomic E-state index is 0.730. The molecular weight excluding hydrogens is 317 g/mol. The molecule has 116 valence electrons. The molecule has 1 fully saturated rings. The van der Waals surface area contributed by atoms with Gasteiger partial charge in [0.25, 0.3) is 0 Å². The normalized spacial score (nSPS) is 16.5. The van der Waals surface area contributed by atoms with Crippen molar-refractivity contribution < 1.29 is 0 Å². The molecule has 0 bridgehead atoms. The fourth-order valence-electron chi connectivity index (χ4n) is 2.80. The fourth-order valence-corrected chi connectivity index (χ4v) is 3.17. The van der Waals surface area contributed by atoms with Crippen LogP contribution in [0.25, 0.3) is 0 Å². The van der Waals surface area contributed by atoms with Gasteiger partial charge in [-0.1, -0.05) is 35.3 Å². The molecule has 1 aromatic carbocycles. The summed E-state index contributed by atoms with van der Waals surface area (Å²) in [6, 6.07) is 11.9. The van der Waals surface area contributed by atoms with Gasteiger partial charge in [0, 0.05) is 43.9 Å². The number of rotatable bonds is 3. The van der Waals surface area contributed by atoms with E-state index in [2.05, 4.69) is 26.9 Å². The summed E-state index contributed by atoms with van der Waals surface area (Å²) in [6.45, 7) is 5.00. The van der Waals surface area contributed by atoms with Gasteiger partial charge in [-0.2, -0.15) is 0 Å². The number of pyridine rings is 1. The summed E-state index contributed by atoms with van der Waals surface area (Å²) in [4.78, 5) is 9.18. The van der Waals surface area contributed by atoms with E-state index in [9.17, 15) is 0 Å². The van der Waals surface area contributed by atoms with Gasteiger partial charge in [0.15, 0.2) is 0 Å². The maximum Gasteiger partial charge on any atom is 0.147 e. The Hall–Kier alpha value is -1.29. The molecule has 0 aliphatic carbocycles. The van der Waals surface area contributed by atoms with Gasteiger partial charge in [-0.3, -0.25) is 4.90 Å². The summed E-state index contributed by atoms with van der Waals surface area (Å²) in [6.07, 6.45) is 2.91. The Balaban J connectivity index is 1.62. The third kappa shape index (κ3) is 3.92.